The number of nitrogens with zero attached hydrogens (tertiary/aromatic N) is 1. The molecule has 0 radical (unpaired) electrons. The number of hydrogen-bond acceptors (Lipinski definition) is 4. The van der Waals surface area contributed by atoms with Crippen molar-refractivity contribution in [2.24, 2.45) is 0 Å². The van der Waals surface area contributed by atoms with Crippen molar-refractivity contribution >= 4 is 41.4 Å². The summed E-state index contributed by atoms with van der Waals surface area (Å²) >= 11 is 1.81. The number of para-hydroxylation sites is 1. The van der Waals surface area contributed by atoms with Gasteiger partial charge in [-0.2, -0.15) is 0 Å². The van der Waals surface area contributed by atoms with E-state index in [4.69, 9.17) is 9.31 Å². The van der Waals surface area contributed by atoms with Crippen LogP contribution in [0.2, 0.25) is 0 Å². The van der Waals surface area contributed by atoms with E-state index in [0.29, 0.717) is 0 Å². The van der Waals surface area contributed by atoms with Crippen LogP contribution in [0.5, 0.6) is 0 Å². The van der Waals surface area contributed by atoms with Crippen molar-refractivity contribution < 1.29 is 9.31 Å². The first-order valence-electron chi connectivity index (χ1n) is 11.6. The molecule has 0 saturated carbocycles. The summed E-state index contributed by atoms with van der Waals surface area (Å²) in [5.41, 5.74) is 5.38. The highest BCUT2D eigenvalue weighted by molar-refractivity contribution is 7.99. The van der Waals surface area contributed by atoms with Gasteiger partial charge in [0, 0.05) is 15.5 Å². The summed E-state index contributed by atoms with van der Waals surface area (Å²) in [6.45, 7) is 15.1. The zero-order valence-electron chi connectivity index (χ0n) is 20.6. The minimum absolute atomic E-state index is 0.129. The standard InChI is InChI=1S/C28H32BNO2S/c1-26(2,3)19-12-15-21(16-13-19)30-22-10-8-9-11-24(22)33-25-18-20(14-17-23(25)30)29-31-27(4,5)28(6,7)32-29/h8-18H,1-7H3. The van der Waals surface area contributed by atoms with Gasteiger partial charge in [-0.1, -0.05) is 62.9 Å². The van der Waals surface area contributed by atoms with Gasteiger partial charge in [0.1, 0.15) is 0 Å². The van der Waals surface area contributed by atoms with Gasteiger partial charge < -0.3 is 14.2 Å². The van der Waals surface area contributed by atoms with Crippen molar-refractivity contribution in [3.63, 3.8) is 0 Å². The fraction of sp³-hybridized carbons (Fsp3) is 0.357. The molecule has 1 fully saturated rings. The summed E-state index contributed by atoms with van der Waals surface area (Å²) in [5.74, 6) is 0. The van der Waals surface area contributed by atoms with Crippen LogP contribution in [-0.4, -0.2) is 18.3 Å². The molecule has 0 unspecified atom stereocenters. The summed E-state index contributed by atoms with van der Waals surface area (Å²) in [4.78, 5) is 4.82. The lowest BCUT2D eigenvalue weighted by molar-refractivity contribution is 0.00578. The third kappa shape index (κ3) is 3.90. The zero-order valence-corrected chi connectivity index (χ0v) is 21.4. The molecule has 3 aromatic carbocycles. The largest absolute Gasteiger partial charge is 0.494 e. The molecule has 0 bridgehead atoms. The Morgan fingerprint density at radius 1 is 0.758 bits per heavy atom. The lowest BCUT2D eigenvalue weighted by Crippen LogP contribution is -2.41. The fourth-order valence-electron chi connectivity index (χ4n) is 4.29. The molecule has 5 heteroatoms. The maximum Gasteiger partial charge on any atom is 0.494 e. The molecule has 2 aliphatic heterocycles. The summed E-state index contributed by atoms with van der Waals surface area (Å²) in [7, 11) is -0.363. The Hall–Kier alpha value is -2.21. The van der Waals surface area contributed by atoms with Gasteiger partial charge in [-0.05, 0) is 80.5 Å². The van der Waals surface area contributed by atoms with Gasteiger partial charge in [0.05, 0.1) is 22.6 Å². The Morgan fingerprint density at radius 2 is 1.36 bits per heavy atom. The van der Waals surface area contributed by atoms with Crippen molar-refractivity contribution in [2.75, 3.05) is 4.90 Å². The molecule has 2 heterocycles. The van der Waals surface area contributed by atoms with Crippen molar-refractivity contribution in [2.45, 2.75) is 74.9 Å². The SMILES string of the molecule is CC(C)(C)c1ccc(N2c3ccccc3Sc3cc(B4OC(C)(C)C(C)(C)O4)ccc32)cc1. The van der Waals surface area contributed by atoms with E-state index in [1.54, 1.807) is 0 Å². The molecule has 5 rings (SSSR count). The molecule has 170 valence electrons. The van der Waals surface area contributed by atoms with Crippen LogP contribution < -0.4 is 10.4 Å². The van der Waals surface area contributed by atoms with Crippen molar-refractivity contribution in [1.29, 1.82) is 0 Å². The average molecular weight is 457 g/mol. The predicted molar refractivity (Wildman–Crippen MR) is 140 cm³/mol. The molecule has 3 aromatic rings. The van der Waals surface area contributed by atoms with E-state index in [1.807, 2.05) is 11.8 Å². The van der Waals surface area contributed by atoms with Crippen molar-refractivity contribution in [3.05, 3.63) is 72.3 Å². The van der Waals surface area contributed by atoms with Crippen LogP contribution in [0.1, 0.15) is 54.0 Å². The molecule has 33 heavy (non-hydrogen) atoms. The second-order valence-corrected chi connectivity index (χ2v) is 12.1. The quantitative estimate of drug-likeness (QED) is 0.296. The Balaban J connectivity index is 1.56. The van der Waals surface area contributed by atoms with Crippen LogP contribution in [0.4, 0.5) is 17.1 Å². The molecule has 0 N–H and O–H groups in total. The second-order valence-electron chi connectivity index (χ2n) is 11.0. The van der Waals surface area contributed by atoms with Gasteiger partial charge in [0.25, 0.3) is 0 Å². The monoisotopic (exact) mass is 457 g/mol. The molecular formula is C28H32BNO2S. The minimum atomic E-state index is -0.363. The van der Waals surface area contributed by atoms with Gasteiger partial charge in [-0.3, -0.25) is 0 Å². The Labute approximate surface area is 202 Å². The lowest BCUT2D eigenvalue weighted by atomic mass is 9.79. The van der Waals surface area contributed by atoms with E-state index in [-0.39, 0.29) is 23.7 Å². The van der Waals surface area contributed by atoms with Crippen LogP contribution in [-0.2, 0) is 14.7 Å². The van der Waals surface area contributed by atoms with Crippen LogP contribution in [0, 0.1) is 0 Å². The van der Waals surface area contributed by atoms with Gasteiger partial charge in [-0.15, -0.1) is 0 Å². The normalized spacial score (nSPS) is 18.8. The van der Waals surface area contributed by atoms with Crippen LogP contribution in [0.15, 0.2) is 76.5 Å². The van der Waals surface area contributed by atoms with E-state index in [0.717, 1.165) is 5.46 Å². The molecule has 2 aliphatic rings. The fourth-order valence-corrected chi connectivity index (χ4v) is 5.39. The van der Waals surface area contributed by atoms with Crippen LogP contribution in [0.25, 0.3) is 0 Å². The third-order valence-corrected chi connectivity index (χ3v) is 8.18. The molecule has 0 aliphatic carbocycles. The van der Waals surface area contributed by atoms with E-state index in [2.05, 4.69) is 120 Å². The summed E-state index contributed by atoms with van der Waals surface area (Å²) in [6.07, 6.45) is 0. The maximum absolute atomic E-state index is 6.32. The highest BCUT2D eigenvalue weighted by Gasteiger charge is 2.51. The van der Waals surface area contributed by atoms with Gasteiger partial charge in [-0.25, -0.2) is 0 Å². The van der Waals surface area contributed by atoms with Gasteiger partial charge in [0.2, 0.25) is 0 Å². The van der Waals surface area contributed by atoms with Crippen LogP contribution >= 0.6 is 11.8 Å². The van der Waals surface area contributed by atoms with Crippen molar-refractivity contribution in [3.8, 4) is 0 Å². The number of fused-ring (bicyclic) bond motifs is 2. The average Bonchev–Trinajstić information content (AvgIpc) is 2.98. The van der Waals surface area contributed by atoms with E-state index < -0.39 is 0 Å². The highest BCUT2D eigenvalue weighted by atomic mass is 32.2. The predicted octanol–water partition coefficient (Wildman–Crippen LogP) is 7.22. The number of anilines is 3. The Bertz CT molecular complexity index is 1180. The van der Waals surface area contributed by atoms with Gasteiger partial charge >= 0.3 is 7.12 Å². The van der Waals surface area contributed by atoms with Crippen LogP contribution in [0.3, 0.4) is 0 Å². The first-order valence-corrected chi connectivity index (χ1v) is 12.5. The molecule has 0 aromatic heterocycles. The summed E-state index contributed by atoms with van der Waals surface area (Å²) in [5, 5.41) is 0. The number of rotatable bonds is 2. The summed E-state index contributed by atoms with van der Waals surface area (Å²) < 4.78 is 12.6. The molecule has 0 spiro atoms. The first-order chi connectivity index (χ1) is 15.5. The summed E-state index contributed by atoms with van der Waals surface area (Å²) in [6, 6.07) is 24.2. The van der Waals surface area contributed by atoms with Crippen molar-refractivity contribution in [1.82, 2.24) is 0 Å². The minimum Gasteiger partial charge on any atom is -0.399 e. The molecule has 0 amide bonds. The topological polar surface area (TPSA) is 21.7 Å². The molecular weight excluding hydrogens is 425 g/mol. The second kappa shape index (κ2) is 7.66. The Kier molecular flexibility index (Phi) is 5.24. The zero-order chi connectivity index (χ0) is 23.6. The first kappa shape index (κ1) is 22.6. The smallest absolute Gasteiger partial charge is 0.399 e. The van der Waals surface area contributed by atoms with E-state index in [9.17, 15) is 0 Å². The number of benzene rings is 3. The van der Waals surface area contributed by atoms with Gasteiger partial charge in [0.15, 0.2) is 0 Å². The van der Waals surface area contributed by atoms with E-state index in [1.165, 1.54) is 32.4 Å². The van der Waals surface area contributed by atoms with E-state index >= 15 is 0 Å². The lowest BCUT2D eigenvalue weighted by Gasteiger charge is -2.33. The molecule has 3 nitrogen and oxygen atoms in total. The maximum atomic E-state index is 6.32. The molecule has 1 saturated heterocycles. The third-order valence-electron chi connectivity index (χ3n) is 7.07. The molecule has 0 atom stereocenters. The highest BCUT2D eigenvalue weighted by Crippen LogP contribution is 2.51. The number of hydrogen-bond donors (Lipinski definition) is 0. The Morgan fingerprint density at radius 3 is 2.00 bits per heavy atom.